The number of ether oxygens (including phenoxy) is 2. The van der Waals surface area contributed by atoms with Gasteiger partial charge in [-0.05, 0) is 35.4 Å². The molecule has 0 saturated carbocycles. The van der Waals surface area contributed by atoms with Crippen LogP contribution in [0.15, 0.2) is 48.5 Å². The number of carbonyl (C=O) groups is 1. The lowest BCUT2D eigenvalue weighted by molar-refractivity contribution is 0.0982. The first-order chi connectivity index (χ1) is 13.7. The number of carbonyl (C=O) groups excluding carboxylic acids is 1. The highest BCUT2D eigenvalue weighted by Gasteiger charge is 2.14. The summed E-state index contributed by atoms with van der Waals surface area (Å²) in [7, 11) is 0. The van der Waals surface area contributed by atoms with Crippen molar-refractivity contribution in [2.45, 2.75) is 51.9 Å². The molecule has 0 N–H and O–H groups in total. The molecule has 0 aliphatic carbocycles. The van der Waals surface area contributed by atoms with Crippen LogP contribution in [0.5, 0.6) is 5.75 Å². The summed E-state index contributed by atoms with van der Waals surface area (Å²) in [6, 6.07) is 15.5. The van der Waals surface area contributed by atoms with E-state index in [-0.39, 0.29) is 0 Å². The Balaban J connectivity index is 1.64. The second kappa shape index (κ2) is 10.3. The SMILES string of the molecule is CCCCCCCCCOC(=O)Oc1c2ccccc2cc2ccc(Cl)cc12. The largest absolute Gasteiger partial charge is 0.513 e. The van der Waals surface area contributed by atoms with E-state index in [0.29, 0.717) is 17.4 Å². The van der Waals surface area contributed by atoms with Gasteiger partial charge < -0.3 is 9.47 Å². The summed E-state index contributed by atoms with van der Waals surface area (Å²) in [4.78, 5) is 12.3. The van der Waals surface area contributed by atoms with Crippen molar-refractivity contribution in [3.05, 3.63) is 53.6 Å². The third kappa shape index (κ3) is 5.39. The first kappa shape index (κ1) is 20.5. The average Bonchev–Trinajstić information content (AvgIpc) is 2.70. The standard InChI is InChI=1S/C24H27ClO3/c1-2-3-4-5-6-7-10-15-27-24(26)28-23-21-12-9-8-11-18(21)16-19-13-14-20(25)17-22(19)23/h8-9,11-14,16-17H,2-7,10,15H2,1H3. The lowest BCUT2D eigenvalue weighted by Crippen LogP contribution is -2.12. The molecule has 0 radical (unpaired) electrons. The van der Waals surface area contributed by atoms with Crippen LogP contribution in [0.4, 0.5) is 4.79 Å². The zero-order valence-corrected chi connectivity index (χ0v) is 17.1. The highest BCUT2D eigenvalue weighted by atomic mass is 35.5. The Morgan fingerprint density at radius 1 is 0.857 bits per heavy atom. The van der Waals surface area contributed by atoms with Crippen molar-refractivity contribution >= 4 is 39.3 Å². The maximum Gasteiger partial charge on any atom is 0.513 e. The molecule has 3 aromatic carbocycles. The van der Waals surface area contributed by atoms with Gasteiger partial charge in [0.05, 0.1) is 6.61 Å². The number of halogens is 1. The molecule has 3 rings (SSSR count). The molecule has 0 spiro atoms. The number of hydrogen-bond acceptors (Lipinski definition) is 3. The van der Waals surface area contributed by atoms with Gasteiger partial charge in [0, 0.05) is 15.8 Å². The van der Waals surface area contributed by atoms with Crippen LogP contribution in [0.1, 0.15) is 51.9 Å². The van der Waals surface area contributed by atoms with Crippen molar-refractivity contribution < 1.29 is 14.3 Å². The molecule has 0 amide bonds. The van der Waals surface area contributed by atoms with Gasteiger partial charge in [-0.1, -0.05) is 87.4 Å². The van der Waals surface area contributed by atoms with Crippen LogP contribution < -0.4 is 4.74 Å². The molecule has 0 aromatic heterocycles. The maximum absolute atomic E-state index is 12.3. The molecule has 148 valence electrons. The van der Waals surface area contributed by atoms with Gasteiger partial charge in [-0.15, -0.1) is 0 Å². The van der Waals surface area contributed by atoms with E-state index in [1.807, 2.05) is 42.5 Å². The first-order valence-electron chi connectivity index (χ1n) is 10.1. The Hall–Kier alpha value is -2.26. The summed E-state index contributed by atoms with van der Waals surface area (Å²) in [5, 5.41) is 4.25. The van der Waals surface area contributed by atoms with E-state index in [0.717, 1.165) is 34.4 Å². The minimum Gasteiger partial charge on any atom is -0.434 e. The maximum atomic E-state index is 12.3. The van der Waals surface area contributed by atoms with Gasteiger partial charge in [-0.25, -0.2) is 4.79 Å². The third-order valence-electron chi connectivity index (χ3n) is 4.93. The molecule has 3 nitrogen and oxygen atoms in total. The molecular formula is C24H27ClO3. The van der Waals surface area contributed by atoms with E-state index in [1.165, 1.54) is 32.1 Å². The summed E-state index contributed by atoms with van der Waals surface area (Å²) in [5.74, 6) is 0.500. The fourth-order valence-electron chi connectivity index (χ4n) is 3.43. The van der Waals surface area contributed by atoms with Crippen molar-refractivity contribution in [1.29, 1.82) is 0 Å². The van der Waals surface area contributed by atoms with Crippen LogP contribution >= 0.6 is 11.6 Å². The van der Waals surface area contributed by atoms with Gasteiger partial charge in [0.2, 0.25) is 0 Å². The van der Waals surface area contributed by atoms with Crippen molar-refractivity contribution in [3.63, 3.8) is 0 Å². The van der Waals surface area contributed by atoms with Crippen LogP contribution in [0.25, 0.3) is 21.5 Å². The van der Waals surface area contributed by atoms with E-state index in [2.05, 4.69) is 13.0 Å². The van der Waals surface area contributed by atoms with Crippen LogP contribution in [-0.2, 0) is 4.74 Å². The fraction of sp³-hybridized carbons (Fsp3) is 0.375. The quantitative estimate of drug-likeness (QED) is 0.159. The van der Waals surface area contributed by atoms with E-state index < -0.39 is 6.16 Å². The zero-order chi connectivity index (χ0) is 19.8. The Bertz CT molecular complexity index is 936. The summed E-state index contributed by atoms with van der Waals surface area (Å²) in [5.41, 5.74) is 0. The van der Waals surface area contributed by atoms with Crippen LogP contribution in [0, 0.1) is 0 Å². The van der Waals surface area contributed by atoms with Gasteiger partial charge in [-0.2, -0.15) is 0 Å². The summed E-state index contributed by atoms with van der Waals surface area (Å²) < 4.78 is 10.9. The van der Waals surface area contributed by atoms with E-state index >= 15 is 0 Å². The Morgan fingerprint density at radius 2 is 1.57 bits per heavy atom. The minimum atomic E-state index is -0.663. The van der Waals surface area contributed by atoms with Crippen molar-refractivity contribution in [2.24, 2.45) is 0 Å². The number of hydrogen-bond donors (Lipinski definition) is 0. The fourth-order valence-corrected chi connectivity index (χ4v) is 3.60. The third-order valence-corrected chi connectivity index (χ3v) is 5.16. The summed E-state index contributed by atoms with van der Waals surface area (Å²) in [6.45, 7) is 2.60. The summed E-state index contributed by atoms with van der Waals surface area (Å²) >= 11 is 6.17. The van der Waals surface area contributed by atoms with Crippen molar-refractivity contribution in [3.8, 4) is 5.75 Å². The van der Waals surface area contributed by atoms with E-state index in [9.17, 15) is 4.79 Å². The molecule has 0 unspecified atom stereocenters. The number of fused-ring (bicyclic) bond motifs is 2. The van der Waals surface area contributed by atoms with Gasteiger partial charge in [0.1, 0.15) is 5.75 Å². The molecule has 0 atom stereocenters. The predicted octanol–water partition coefficient (Wildman–Crippen LogP) is 7.91. The Kier molecular flexibility index (Phi) is 7.55. The van der Waals surface area contributed by atoms with Gasteiger partial charge in [0.25, 0.3) is 0 Å². The second-order valence-corrected chi connectivity index (χ2v) is 7.55. The summed E-state index contributed by atoms with van der Waals surface area (Å²) in [6.07, 6.45) is 7.55. The molecule has 28 heavy (non-hydrogen) atoms. The predicted molar refractivity (Wildman–Crippen MR) is 116 cm³/mol. The zero-order valence-electron chi connectivity index (χ0n) is 16.4. The highest BCUT2D eigenvalue weighted by molar-refractivity contribution is 6.31. The highest BCUT2D eigenvalue weighted by Crippen LogP contribution is 2.36. The van der Waals surface area contributed by atoms with Crippen molar-refractivity contribution in [2.75, 3.05) is 6.61 Å². The molecule has 0 fully saturated rings. The molecule has 0 aliphatic rings. The second-order valence-electron chi connectivity index (χ2n) is 7.11. The molecule has 0 heterocycles. The molecule has 0 aliphatic heterocycles. The van der Waals surface area contributed by atoms with Gasteiger partial charge >= 0.3 is 6.16 Å². The van der Waals surface area contributed by atoms with Crippen molar-refractivity contribution in [1.82, 2.24) is 0 Å². The molecule has 3 aromatic rings. The average molecular weight is 399 g/mol. The minimum absolute atomic E-state index is 0.385. The monoisotopic (exact) mass is 398 g/mol. The smallest absolute Gasteiger partial charge is 0.434 e. The molecular weight excluding hydrogens is 372 g/mol. The number of rotatable bonds is 9. The Labute approximate surface area is 171 Å². The Morgan fingerprint density at radius 3 is 2.39 bits per heavy atom. The lowest BCUT2D eigenvalue weighted by Gasteiger charge is -2.12. The number of unbranched alkanes of at least 4 members (excludes halogenated alkanes) is 6. The molecule has 4 heteroatoms. The first-order valence-corrected chi connectivity index (χ1v) is 10.5. The normalized spacial score (nSPS) is 11.1. The van der Waals surface area contributed by atoms with Gasteiger partial charge in [-0.3, -0.25) is 0 Å². The van der Waals surface area contributed by atoms with E-state index in [1.54, 1.807) is 0 Å². The number of benzene rings is 3. The van der Waals surface area contributed by atoms with Crippen LogP contribution in [-0.4, -0.2) is 12.8 Å². The topological polar surface area (TPSA) is 35.5 Å². The molecule has 0 bridgehead atoms. The van der Waals surface area contributed by atoms with Crippen LogP contribution in [0.3, 0.4) is 0 Å². The van der Waals surface area contributed by atoms with Crippen LogP contribution in [0.2, 0.25) is 5.02 Å². The van der Waals surface area contributed by atoms with E-state index in [4.69, 9.17) is 21.1 Å². The van der Waals surface area contributed by atoms with Gasteiger partial charge in [0.15, 0.2) is 0 Å². The lowest BCUT2D eigenvalue weighted by atomic mass is 10.0. The molecule has 0 saturated heterocycles.